The smallest absolute Gasteiger partial charge is 0.242 e. The lowest BCUT2D eigenvalue weighted by atomic mass is 10.1. The summed E-state index contributed by atoms with van der Waals surface area (Å²) in [5.41, 5.74) is 3.72. The number of amidine groups is 1. The molecule has 1 saturated carbocycles. The minimum absolute atomic E-state index is 0.00908. The van der Waals surface area contributed by atoms with Crippen molar-refractivity contribution in [2.45, 2.75) is 51.3 Å². The van der Waals surface area contributed by atoms with Crippen molar-refractivity contribution in [2.75, 3.05) is 5.32 Å². The monoisotopic (exact) mass is 421 g/mol. The summed E-state index contributed by atoms with van der Waals surface area (Å²) in [6.07, 6.45) is 2.43. The highest BCUT2D eigenvalue weighted by atomic mass is 32.2. The van der Waals surface area contributed by atoms with E-state index in [-0.39, 0.29) is 24.3 Å². The predicted molar refractivity (Wildman–Crippen MR) is 123 cm³/mol. The number of hydrogen-bond acceptors (Lipinski definition) is 4. The van der Waals surface area contributed by atoms with Crippen molar-refractivity contribution in [3.8, 4) is 0 Å². The number of carbonyl (C=O) groups is 2. The first-order valence-electron chi connectivity index (χ1n) is 10.4. The van der Waals surface area contributed by atoms with Crippen LogP contribution in [0.5, 0.6) is 0 Å². The van der Waals surface area contributed by atoms with Crippen molar-refractivity contribution in [3.05, 3.63) is 59.7 Å². The summed E-state index contributed by atoms with van der Waals surface area (Å²) in [6.45, 7) is 6.05. The van der Waals surface area contributed by atoms with Gasteiger partial charge in [-0.25, -0.2) is 4.99 Å². The lowest BCUT2D eigenvalue weighted by Crippen LogP contribution is -2.41. The maximum Gasteiger partial charge on any atom is 0.242 e. The van der Waals surface area contributed by atoms with Gasteiger partial charge in [0.1, 0.15) is 5.25 Å². The molecule has 0 radical (unpaired) electrons. The Bertz CT molecular complexity index is 985. The van der Waals surface area contributed by atoms with Crippen molar-refractivity contribution < 1.29 is 9.59 Å². The van der Waals surface area contributed by atoms with Gasteiger partial charge in [-0.15, -0.1) is 0 Å². The summed E-state index contributed by atoms with van der Waals surface area (Å²) in [6, 6.07) is 15.8. The van der Waals surface area contributed by atoms with Crippen LogP contribution in [0.25, 0.3) is 0 Å². The number of nitrogens with zero attached hydrogens (tertiary/aromatic N) is 2. The zero-order chi connectivity index (χ0) is 21.3. The molecule has 2 amide bonds. The maximum absolute atomic E-state index is 13.2. The number of para-hydroxylation sites is 1. The number of carbonyl (C=O) groups excluding carboxylic acids is 2. The highest BCUT2D eigenvalue weighted by Gasteiger charge is 2.45. The van der Waals surface area contributed by atoms with Crippen molar-refractivity contribution in [1.82, 2.24) is 4.90 Å². The number of benzene rings is 2. The first-order valence-corrected chi connectivity index (χ1v) is 11.3. The summed E-state index contributed by atoms with van der Waals surface area (Å²) >= 11 is 1.41. The second kappa shape index (κ2) is 8.64. The molecule has 2 fully saturated rings. The van der Waals surface area contributed by atoms with Crippen LogP contribution < -0.4 is 5.32 Å². The van der Waals surface area contributed by atoms with Gasteiger partial charge in [-0.3, -0.25) is 14.5 Å². The van der Waals surface area contributed by atoms with E-state index in [9.17, 15) is 9.59 Å². The van der Waals surface area contributed by atoms with Crippen LogP contribution in [0.3, 0.4) is 0 Å². The molecular formula is C24H27N3O2S. The Kier molecular flexibility index (Phi) is 5.95. The van der Waals surface area contributed by atoms with Gasteiger partial charge in [-0.05, 0) is 68.9 Å². The Balaban J connectivity index is 1.52. The van der Waals surface area contributed by atoms with Crippen LogP contribution in [0.1, 0.15) is 37.3 Å². The number of rotatable bonds is 6. The minimum atomic E-state index is -0.446. The molecule has 2 aliphatic rings. The Hall–Kier alpha value is -2.60. The van der Waals surface area contributed by atoms with Gasteiger partial charge >= 0.3 is 0 Å². The first-order chi connectivity index (χ1) is 14.4. The second-order valence-corrected chi connectivity index (χ2v) is 9.36. The number of aryl methyl sites for hydroxylation is 2. The highest BCUT2D eigenvalue weighted by molar-refractivity contribution is 8.15. The SMILES string of the molecule is Cc1ccc(C)c(NC(=O)C[C@H]2SC(=Nc3ccccc3)N([C@@H](C)C3CC3)C2=O)c1. The molecule has 30 heavy (non-hydrogen) atoms. The second-order valence-electron chi connectivity index (χ2n) is 8.19. The van der Waals surface area contributed by atoms with E-state index in [1.54, 1.807) is 0 Å². The first kappa shape index (κ1) is 20.7. The molecular weight excluding hydrogens is 394 g/mol. The lowest BCUT2D eigenvalue weighted by molar-refractivity contribution is -0.129. The van der Waals surface area contributed by atoms with Crippen molar-refractivity contribution in [3.63, 3.8) is 0 Å². The number of amides is 2. The fourth-order valence-corrected chi connectivity index (χ4v) is 4.94. The van der Waals surface area contributed by atoms with E-state index >= 15 is 0 Å². The lowest BCUT2D eigenvalue weighted by Gasteiger charge is -2.24. The van der Waals surface area contributed by atoms with Gasteiger partial charge in [0, 0.05) is 18.2 Å². The van der Waals surface area contributed by atoms with E-state index in [1.165, 1.54) is 11.8 Å². The van der Waals surface area contributed by atoms with Crippen molar-refractivity contribution in [2.24, 2.45) is 10.9 Å². The summed E-state index contributed by atoms with van der Waals surface area (Å²) in [4.78, 5) is 32.5. The van der Waals surface area contributed by atoms with E-state index in [4.69, 9.17) is 4.99 Å². The molecule has 0 spiro atoms. The third kappa shape index (κ3) is 4.59. The van der Waals surface area contributed by atoms with E-state index in [0.29, 0.717) is 11.1 Å². The van der Waals surface area contributed by atoms with E-state index in [1.807, 2.05) is 67.3 Å². The van der Waals surface area contributed by atoms with Gasteiger partial charge in [-0.1, -0.05) is 42.1 Å². The molecule has 2 aromatic rings. The summed E-state index contributed by atoms with van der Waals surface area (Å²) < 4.78 is 0. The van der Waals surface area contributed by atoms with Gasteiger partial charge < -0.3 is 5.32 Å². The molecule has 2 aromatic carbocycles. The third-order valence-electron chi connectivity index (χ3n) is 5.70. The number of anilines is 1. The number of nitrogens with one attached hydrogen (secondary N) is 1. The topological polar surface area (TPSA) is 61.8 Å². The van der Waals surface area contributed by atoms with Crippen LogP contribution in [0.4, 0.5) is 11.4 Å². The zero-order valence-electron chi connectivity index (χ0n) is 17.6. The molecule has 1 saturated heterocycles. The number of hydrogen-bond donors (Lipinski definition) is 1. The molecule has 1 heterocycles. The van der Waals surface area contributed by atoms with Crippen LogP contribution in [-0.2, 0) is 9.59 Å². The maximum atomic E-state index is 13.2. The fraction of sp³-hybridized carbons (Fsp3) is 0.375. The van der Waals surface area contributed by atoms with Crippen LogP contribution in [0, 0.1) is 19.8 Å². The molecule has 5 nitrogen and oxygen atoms in total. The molecule has 1 N–H and O–H groups in total. The molecule has 4 rings (SSSR count). The summed E-state index contributed by atoms with van der Waals surface area (Å²) in [7, 11) is 0. The molecule has 0 aromatic heterocycles. The van der Waals surface area contributed by atoms with Crippen LogP contribution in [0.15, 0.2) is 53.5 Å². The van der Waals surface area contributed by atoms with Crippen molar-refractivity contribution >= 4 is 40.1 Å². The van der Waals surface area contributed by atoms with Crippen LogP contribution in [0.2, 0.25) is 0 Å². The standard InChI is InChI=1S/C24H27N3O2S/c1-15-9-10-16(2)20(13-15)26-22(28)14-21-23(29)27(17(3)18-11-12-18)24(30-21)25-19-7-5-4-6-8-19/h4-10,13,17-18,21H,11-12,14H2,1-3H3,(H,26,28)/t17-,21+/m0/s1. The average Bonchev–Trinajstić information content (AvgIpc) is 3.52. The number of thioether (sulfide) groups is 1. The average molecular weight is 422 g/mol. The summed E-state index contributed by atoms with van der Waals surface area (Å²) in [5, 5.41) is 3.24. The largest absolute Gasteiger partial charge is 0.326 e. The van der Waals surface area contributed by atoms with Gasteiger partial charge in [0.2, 0.25) is 11.8 Å². The zero-order valence-corrected chi connectivity index (χ0v) is 18.4. The Morgan fingerprint density at radius 1 is 1.20 bits per heavy atom. The Morgan fingerprint density at radius 3 is 2.63 bits per heavy atom. The van der Waals surface area contributed by atoms with E-state index < -0.39 is 5.25 Å². The van der Waals surface area contributed by atoms with Gasteiger partial charge in [0.15, 0.2) is 5.17 Å². The summed E-state index contributed by atoms with van der Waals surface area (Å²) in [5.74, 6) is 0.373. The number of aliphatic imine (C=N–C) groups is 1. The molecule has 0 unspecified atom stereocenters. The molecule has 1 aliphatic carbocycles. The highest BCUT2D eigenvalue weighted by Crippen LogP contribution is 2.41. The third-order valence-corrected chi connectivity index (χ3v) is 6.85. The van der Waals surface area contributed by atoms with E-state index in [0.717, 1.165) is 35.3 Å². The Labute approximate surface area is 182 Å². The van der Waals surface area contributed by atoms with Crippen molar-refractivity contribution in [1.29, 1.82) is 0 Å². The van der Waals surface area contributed by atoms with Gasteiger partial charge in [-0.2, -0.15) is 0 Å². The fourth-order valence-electron chi connectivity index (χ4n) is 3.71. The molecule has 6 heteroatoms. The normalized spacial score (nSPS) is 21.2. The molecule has 2 atom stereocenters. The minimum Gasteiger partial charge on any atom is -0.326 e. The molecule has 1 aliphatic heterocycles. The molecule has 156 valence electrons. The van der Waals surface area contributed by atoms with Crippen LogP contribution >= 0.6 is 11.8 Å². The van der Waals surface area contributed by atoms with E-state index in [2.05, 4.69) is 12.2 Å². The quantitative estimate of drug-likeness (QED) is 0.709. The predicted octanol–water partition coefficient (Wildman–Crippen LogP) is 5.06. The van der Waals surface area contributed by atoms with Crippen LogP contribution in [-0.4, -0.2) is 33.2 Å². The van der Waals surface area contributed by atoms with Gasteiger partial charge in [0.05, 0.1) is 5.69 Å². The Morgan fingerprint density at radius 2 is 1.93 bits per heavy atom. The van der Waals surface area contributed by atoms with Gasteiger partial charge in [0.25, 0.3) is 0 Å². The molecule has 0 bridgehead atoms.